The van der Waals surface area contributed by atoms with Crippen molar-refractivity contribution in [2.24, 2.45) is 0 Å². The molecule has 4 rings (SSSR count). The first kappa shape index (κ1) is 17.1. The van der Waals surface area contributed by atoms with Crippen molar-refractivity contribution in [3.63, 3.8) is 0 Å². The molecule has 0 atom stereocenters. The van der Waals surface area contributed by atoms with Gasteiger partial charge in [-0.15, -0.1) is 0 Å². The highest BCUT2D eigenvalue weighted by atomic mass is 16.6. The lowest BCUT2D eigenvalue weighted by Crippen LogP contribution is -2.42. The predicted octanol–water partition coefficient (Wildman–Crippen LogP) is 1.40. The van der Waals surface area contributed by atoms with Crippen molar-refractivity contribution in [2.45, 2.75) is 19.6 Å². The number of carbonyl (C=O) groups is 1. The highest BCUT2D eigenvalue weighted by Crippen LogP contribution is 2.25. The van der Waals surface area contributed by atoms with Gasteiger partial charge in [-0.3, -0.25) is 9.80 Å². The normalized spacial score (nSPS) is 17.2. The molecule has 1 saturated heterocycles. The summed E-state index contributed by atoms with van der Waals surface area (Å²) in [5, 5.41) is 3.38. The second-order valence-corrected chi connectivity index (χ2v) is 6.92. The molecule has 0 bridgehead atoms. The van der Waals surface area contributed by atoms with Crippen LogP contribution in [0.1, 0.15) is 16.7 Å². The van der Waals surface area contributed by atoms with Crippen molar-refractivity contribution in [3.8, 4) is 5.75 Å². The van der Waals surface area contributed by atoms with Gasteiger partial charge < -0.3 is 10.1 Å². The summed E-state index contributed by atoms with van der Waals surface area (Å²) in [5.41, 5.74) is 4.37. The van der Waals surface area contributed by atoms with E-state index in [9.17, 15) is 4.79 Å². The van der Waals surface area contributed by atoms with Crippen LogP contribution >= 0.6 is 0 Å². The minimum absolute atomic E-state index is 0.324. The number of nitrogens with one attached hydrogen (secondary N) is 1. The van der Waals surface area contributed by atoms with Crippen molar-refractivity contribution in [1.82, 2.24) is 15.1 Å². The van der Waals surface area contributed by atoms with Gasteiger partial charge in [-0.05, 0) is 28.8 Å². The smallest absolute Gasteiger partial charge is 0.410 e. The van der Waals surface area contributed by atoms with E-state index >= 15 is 0 Å². The summed E-state index contributed by atoms with van der Waals surface area (Å²) in [6.45, 7) is 6.42. The molecule has 0 spiro atoms. The molecular formula is C20H22BN3O2. The first-order valence-electron chi connectivity index (χ1n) is 9.03. The molecular weight excluding hydrogens is 325 g/mol. The fourth-order valence-electron chi connectivity index (χ4n) is 3.50. The van der Waals surface area contributed by atoms with Crippen molar-refractivity contribution < 1.29 is 9.53 Å². The Bertz CT molecular complexity index is 788. The predicted molar refractivity (Wildman–Crippen MR) is 102 cm³/mol. The number of carbonyl (C=O) groups excluding carboxylic acids is 1. The summed E-state index contributed by atoms with van der Waals surface area (Å²) in [6, 6.07) is 13.4. The standard InChI is InChI=1S/C20H22BN3O2/c21-18-3-5-19(6-4-18)26-20(25)24-13-16-2-1-15(11-17(16)14-24)12-23-9-7-22-8-10-23/h1-6,11,22H,7-10,12-14H2. The molecule has 0 aromatic heterocycles. The Morgan fingerprint density at radius 1 is 1.04 bits per heavy atom. The Kier molecular flexibility index (Phi) is 4.95. The second-order valence-electron chi connectivity index (χ2n) is 6.92. The zero-order valence-electron chi connectivity index (χ0n) is 14.8. The van der Waals surface area contributed by atoms with Crippen LogP contribution in [0, 0.1) is 0 Å². The maximum absolute atomic E-state index is 12.4. The zero-order valence-corrected chi connectivity index (χ0v) is 14.8. The molecule has 1 fully saturated rings. The van der Waals surface area contributed by atoms with Gasteiger partial charge in [-0.1, -0.05) is 35.8 Å². The summed E-state index contributed by atoms with van der Waals surface area (Å²) in [6.07, 6.45) is -0.324. The first-order chi connectivity index (χ1) is 12.7. The van der Waals surface area contributed by atoms with Crippen LogP contribution in [-0.2, 0) is 19.6 Å². The molecule has 2 aliphatic heterocycles. The minimum Gasteiger partial charge on any atom is -0.410 e. The van der Waals surface area contributed by atoms with Gasteiger partial charge in [0.2, 0.25) is 0 Å². The van der Waals surface area contributed by atoms with E-state index in [1.165, 1.54) is 16.7 Å². The molecule has 2 heterocycles. The first-order valence-corrected chi connectivity index (χ1v) is 9.03. The maximum Gasteiger partial charge on any atom is 0.415 e. The Morgan fingerprint density at radius 2 is 1.77 bits per heavy atom. The van der Waals surface area contributed by atoms with E-state index in [1.54, 1.807) is 29.2 Å². The second kappa shape index (κ2) is 7.52. The van der Waals surface area contributed by atoms with E-state index in [0.29, 0.717) is 24.3 Å². The van der Waals surface area contributed by atoms with E-state index < -0.39 is 0 Å². The number of amides is 1. The highest BCUT2D eigenvalue weighted by Gasteiger charge is 2.25. The number of nitrogens with zero attached hydrogens (tertiary/aromatic N) is 2. The quantitative estimate of drug-likeness (QED) is 0.853. The average molecular weight is 347 g/mol. The summed E-state index contributed by atoms with van der Waals surface area (Å²) in [5.74, 6) is 0.513. The van der Waals surface area contributed by atoms with Crippen molar-refractivity contribution >= 4 is 19.4 Å². The van der Waals surface area contributed by atoms with Crippen LogP contribution in [0.25, 0.3) is 0 Å². The van der Waals surface area contributed by atoms with Gasteiger partial charge >= 0.3 is 6.09 Å². The van der Waals surface area contributed by atoms with Gasteiger partial charge in [0.1, 0.15) is 13.6 Å². The number of fused-ring (bicyclic) bond motifs is 1. The molecule has 26 heavy (non-hydrogen) atoms. The third-order valence-electron chi connectivity index (χ3n) is 4.95. The number of ether oxygens (including phenoxy) is 1. The molecule has 1 amide bonds. The summed E-state index contributed by atoms with van der Waals surface area (Å²) >= 11 is 0. The van der Waals surface area contributed by atoms with Crippen LogP contribution in [-0.4, -0.2) is 49.9 Å². The number of rotatable bonds is 3. The van der Waals surface area contributed by atoms with Gasteiger partial charge in [0.25, 0.3) is 0 Å². The molecule has 0 unspecified atom stereocenters. The van der Waals surface area contributed by atoms with E-state index in [0.717, 1.165) is 32.7 Å². The molecule has 1 N–H and O–H groups in total. The van der Waals surface area contributed by atoms with E-state index in [2.05, 4.69) is 28.4 Å². The Hall–Kier alpha value is -2.31. The Balaban J connectivity index is 1.38. The van der Waals surface area contributed by atoms with E-state index in [4.69, 9.17) is 12.6 Å². The largest absolute Gasteiger partial charge is 0.415 e. The van der Waals surface area contributed by atoms with Gasteiger partial charge in [0, 0.05) is 45.8 Å². The van der Waals surface area contributed by atoms with Crippen LogP contribution < -0.4 is 15.5 Å². The number of benzene rings is 2. The van der Waals surface area contributed by atoms with Crippen molar-refractivity contribution in [1.29, 1.82) is 0 Å². The van der Waals surface area contributed by atoms with Crippen LogP contribution in [0.15, 0.2) is 42.5 Å². The maximum atomic E-state index is 12.4. The number of hydrogen-bond donors (Lipinski definition) is 1. The fraction of sp³-hybridized carbons (Fsp3) is 0.350. The molecule has 2 aliphatic rings. The van der Waals surface area contributed by atoms with E-state index in [-0.39, 0.29) is 6.09 Å². The summed E-state index contributed by atoms with van der Waals surface area (Å²) in [7, 11) is 5.66. The molecule has 2 radical (unpaired) electrons. The molecule has 2 aromatic rings. The average Bonchev–Trinajstić information content (AvgIpc) is 3.08. The lowest BCUT2D eigenvalue weighted by Gasteiger charge is -2.27. The number of hydrogen-bond acceptors (Lipinski definition) is 4. The monoisotopic (exact) mass is 347 g/mol. The molecule has 0 aliphatic carbocycles. The molecule has 0 saturated carbocycles. The van der Waals surface area contributed by atoms with Gasteiger partial charge in [0.05, 0.1) is 0 Å². The van der Waals surface area contributed by atoms with Crippen molar-refractivity contribution in [2.75, 3.05) is 26.2 Å². The van der Waals surface area contributed by atoms with Crippen LogP contribution in [0.5, 0.6) is 5.75 Å². The lowest BCUT2D eigenvalue weighted by atomic mass is 9.97. The van der Waals surface area contributed by atoms with Gasteiger partial charge in [-0.25, -0.2) is 4.79 Å². The third-order valence-corrected chi connectivity index (χ3v) is 4.95. The molecule has 5 nitrogen and oxygen atoms in total. The lowest BCUT2D eigenvalue weighted by molar-refractivity contribution is 0.152. The van der Waals surface area contributed by atoms with Crippen LogP contribution in [0.2, 0.25) is 0 Å². The van der Waals surface area contributed by atoms with Crippen LogP contribution in [0.4, 0.5) is 4.79 Å². The van der Waals surface area contributed by atoms with Crippen LogP contribution in [0.3, 0.4) is 0 Å². The Morgan fingerprint density at radius 3 is 2.54 bits per heavy atom. The molecule has 2 aromatic carbocycles. The highest BCUT2D eigenvalue weighted by molar-refractivity contribution is 6.32. The summed E-state index contributed by atoms with van der Waals surface area (Å²) in [4.78, 5) is 16.6. The number of piperazine rings is 1. The zero-order chi connectivity index (χ0) is 17.9. The molecule has 132 valence electrons. The Labute approximate surface area is 155 Å². The SMILES string of the molecule is [B]c1ccc(OC(=O)N2Cc3ccc(CN4CCNCC4)cc3C2)cc1. The van der Waals surface area contributed by atoms with E-state index in [1.807, 2.05) is 0 Å². The minimum atomic E-state index is -0.324. The van der Waals surface area contributed by atoms with Gasteiger partial charge in [0.15, 0.2) is 0 Å². The fourth-order valence-corrected chi connectivity index (χ4v) is 3.50. The van der Waals surface area contributed by atoms with Gasteiger partial charge in [-0.2, -0.15) is 0 Å². The topological polar surface area (TPSA) is 44.8 Å². The third kappa shape index (κ3) is 3.92. The molecule has 6 heteroatoms. The van der Waals surface area contributed by atoms with Crippen molar-refractivity contribution in [3.05, 3.63) is 59.2 Å². The summed E-state index contributed by atoms with van der Waals surface area (Å²) < 4.78 is 5.45.